The van der Waals surface area contributed by atoms with Crippen LogP contribution in [0.15, 0.2) is 0 Å². The molecule has 5 rings (SSSR count). The highest BCUT2D eigenvalue weighted by atomic mass is 16.3. The lowest BCUT2D eigenvalue weighted by molar-refractivity contribution is 0.126. The van der Waals surface area contributed by atoms with Crippen LogP contribution in [0.25, 0.3) is 0 Å². The monoisotopic (exact) mass is 332 g/mol. The van der Waals surface area contributed by atoms with Crippen LogP contribution in [0.3, 0.4) is 0 Å². The first kappa shape index (κ1) is 14.7. The van der Waals surface area contributed by atoms with Crippen molar-refractivity contribution >= 4 is 17.8 Å². The van der Waals surface area contributed by atoms with Gasteiger partial charge in [-0.05, 0) is 25.7 Å². The van der Waals surface area contributed by atoms with E-state index in [2.05, 4.69) is 25.1 Å². The van der Waals surface area contributed by atoms with Gasteiger partial charge in [0.2, 0.25) is 17.8 Å². The molecule has 0 unspecified atom stereocenters. The zero-order valence-corrected chi connectivity index (χ0v) is 13.8. The maximum absolute atomic E-state index is 9.98. The standard InChI is InChI=1S/C16H24N6O2/c1-17-14-18-15(21-6-8-2-10(21)4-12(8)23)20-16(19-14)22-7-9-3-11(22)5-13(9)24/h8-13,23-24H,2-7H2,1H3,(H,17,18,19,20)/t8-,9-,10-,11-,12+,13+/m0/s1. The highest BCUT2D eigenvalue weighted by Gasteiger charge is 2.47. The van der Waals surface area contributed by atoms with Gasteiger partial charge in [-0.2, -0.15) is 15.0 Å². The van der Waals surface area contributed by atoms with Gasteiger partial charge in [0, 0.05) is 44.1 Å². The molecule has 0 amide bonds. The first-order chi connectivity index (χ1) is 11.6. The van der Waals surface area contributed by atoms with E-state index < -0.39 is 0 Å². The number of hydrogen-bond donors (Lipinski definition) is 3. The van der Waals surface area contributed by atoms with E-state index in [0.29, 0.717) is 41.8 Å². The van der Waals surface area contributed by atoms with Gasteiger partial charge in [0.1, 0.15) is 0 Å². The molecule has 1 aromatic rings. The van der Waals surface area contributed by atoms with E-state index in [0.717, 1.165) is 38.8 Å². The lowest BCUT2D eigenvalue weighted by Gasteiger charge is -2.32. The number of hydrogen-bond acceptors (Lipinski definition) is 8. The zero-order valence-electron chi connectivity index (χ0n) is 13.8. The molecule has 0 radical (unpaired) electrons. The molecular formula is C16H24N6O2. The van der Waals surface area contributed by atoms with Crippen molar-refractivity contribution in [2.45, 2.75) is 50.0 Å². The van der Waals surface area contributed by atoms with Gasteiger partial charge in [-0.25, -0.2) is 0 Å². The number of aromatic nitrogens is 3. The van der Waals surface area contributed by atoms with Crippen molar-refractivity contribution in [1.82, 2.24) is 15.0 Å². The van der Waals surface area contributed by atoms with Crippen LogP contribution < -0.4 is 15.1 Å². The van der Waals surface area contributed by atoms with Gasteiger partial charge in [-0.3, -0.25) is 0 Å². The Kier molecular flexibility index (Phi) is 3.15. The summed E-state index contributed by atoms with van der Waals surface area (Å²) in [7, 11) is 1.82. The molecule has 3 N–H and O–H groups in total. The Balaban J connectivity index is 1.45. The largest absolute Gasteiger partial charge is 0.393 e. The summed E-state index contributed by atoms with van der Waals surface area (Å²) in [6.07, 6.45) is 3.32. The fourth-order valence-electron chi connectivity index (χ4n) is 5.07. The van der Waals surface area contributed by atoms with Crippen molar-refractivity contribution < 1.29 is 10.2 Å². The molecule has 4 fully saturated rings. The highest BCUT2D eigenvalue weighted by Crippen LogP contribution is 2.42. The van der Waals surface area contributed by atoms with E-state index in [1.165, 1.54) is 0 Å². The molecule has 2 saturated heterocycles. The summed E-state index contributed by atoms with van der Waals surface area (Å²) in [6, 6.07) is 0.670. The van der Waals surface area contributed by atoms with Crippen LogP contribution in [0.2, 0.25) is 0 Å². The normalized spacial score (nSPS) is 40.0. The third-order valence-corrected chi connectivity index (χ3v) is 6.36. The maximum atomic E-state index is 9.98. The molecule has 130 valence electrons. The fourth-order valence-corrected chi connectivity index (χ4v) is 5.07. The molecule has 24 heavy (non-hydrogen) atoms. The summed E-state index contributed by atoms with van der Waals surface area (Å²) < 4.78 is 0. The minimum absolute atomic E-state index is 0.174. The van der Waals surface area contributed by atoms with E-state index in [-0.39, 0.29) is 12.2 Å². The van der Waals surface area contributed by atoms with Crippen molar-refractivity contribution in [3.8, 4) is 0 Å². The average Bonchev–Trinajstić information content (AvgIpc) is 3.33. The van der Waals surface area contributed by atoms with Gasteiger partial charge < -0.3 is 25.3 Å². The van der Waals surface area contributed by atoms with E-state index in [1.54, 1.807) is 0 Å². The Labute approximate surface area is 140 Å². The Morgan fingerprint density at radius 3 is 1.67 bits per heavy atom. The number of anilines is 3. The molecule has 4 aliphatic rings. The van der Waals surface area contributed by atoms with Crippen LogP contribution in [0, 0.1) is 11.8 Å². The first-order valence-electron chi connectivity index (χ1n) is 8.95. The van der Waals surface area contributed by atoms with E-state index in [9.17, 15) is 10.2 Å². The van der Waals surface area contributed by atoms with Gasteiger partial charge in [0.25, 0.3) is 0 Å². The second-order valence-electron chi connectivity index (χ2n) is 7.72. The number of aliphatic hydroxyl groups excluding tert-OH is 2. The summed E-state index contributed by atoms with van der Waals surface area (Å²) in [5.74, 6) is 2.69. The van der Waals surface area contributed by atoms with E-state index >= 15 is 0 Å². The van der Waals surface area contributed by atoms with Crippen molar-refractivity contribution in [3.63, 3.8) is 0 Å². The predicted octanol–water partition coefficient (Wildman–Crippen LogP) is -0.168. The van der Waals surface area contributed by atoms with Crippen molar-refractivity contribution in [2.24, 2.45) is 11.8 Å². The van der Waals surface area contributed by atoms with Gasteiger partial charge in [-0.15, -0.1) is 0 Å². The van der Waals surface area contributed by atoms with Gasteiger partial charge in [0.15, 0.2) is 0 Å². The number of nitrogens with one attached hydrogen (secondary N) is 1. The number of rotatable bonds is 3. The molecule has 0 spiro atoms. The molecule has 1 aromatic heterocycles. The molecule has 0 aromatic carbocycles. The van der Waals surface area contributed by atoms with Crippen LogP contribution >= 0.6 is 0 Å². The van der Waals surface area contributed by atoms with Gasteiger partial charge in [-0.1, -0.05) is 0 Å². The summed E-state index contributed by atoms with van der Waals surface area (Å²) in [4.78, 5) is 18.3. The van der Waals surface area contributed by atoms with Crippen LogP contribution in [-0.4, -0.2) is 69.6 Å². The summed E-state index contributed by atoms with van der Waals surface area (Å²) >= 11 is 0. The summed E-state index contributed by atoms with van der Waals surface area (Å²) in [6.45, 7) is 1.65. The molecule has 2 aliphatic carbocycles. The summed E-state index contributed by atoms with van der Waals surface area (Å²) in [5, 5.41) is 23.0. The molecule has 4 bridgehead atoms. The van der Waals surface area contributed by atoms with Crippen LogP contribution in [-0.2, 0) is 0 Å². The van der Waals surface area contributed by atoms with Crippen LogP contribution in [0.5, 0.6) is 0 Å². The third kappa shape index (κ3) is 2.09. The molecule has 3 heterocycles. The summed E-state index contributed by atoms with van der Waals surface area (Å²) in [5.41, 5.74) is 0. The smallest absolute Gasteiger partial charge is 0.232 e. The molecule has 8 heteroatoms. The van der Waals surface area contributed by atoms with Crippen molar-refractivity contribution in [1.29, 1.82) is 0 Å². The third-order valence-electron chi connectivity index (χ3n) is 6.36. The lowest BCUT2D eigenvalue weighted by atomic mass is 10.1. The number of fused-ring (bicyclic) bond motifs is 4. The fraction of sp³-hybridized carbons (Fsp3) is 0.812. The predicted molar refractivity (Wildman–Crippen MR) is 89.1 cm³/mol. The Hall–Kier alpha value is -1.67. The van der Waals surface area contributed by atoms with Crippen LogP contribution in [0.4, 0.5) is 17.8 Å². The molecular weight excluding hydrogens is 308 g/mol. The second-order valence-corrected chi connectivity index (χ2v) is 7.72. The van der Waals surface area contributed by atoms with E-state index in [4.69, 9.17) is 4.98 Å². The Morgan fingerprint density at radius 1 is 0.833 bits per heavy atom. The maximum Gasteiger partial charge on any atom is 0.232 e. The van der Waals surface area contributed by atoms with Crippen molar-refractivity contribution in [2.75, 3.05) is 35.3 Å². The SMILES string of the molecule is CNc1nc(N2C[C@@H]3C[C@H]2C[C@H]3O)nc(N2C[C@@H]3C[C@H]2C[C@H]3O)n1. The van der Waals surface area contributed by atoms with Crippen molar-refractivity contribution in [3.05, 3.63) is 0 Å². The van der Waals surface area contributed by atoms with E-state index in [1.807, 2.05) is 7.05 Å². The highest BCUT2D eigenvalue weighted by molar-refractivity contribution is 5.48. The zero-order chi connectivity index (χ0) is 16.4. The molecule has 2 saturated carbocycles. The quantitative estimate of drug-likeness (QED) is 0.702. The minimum Gasteiger partial charge on any atom is -0.393 e. The van der Waals surface area contributed by atoms with Gasteiger partial charge in [0.05, 0.1) is 12.2 Å². The van der Waals surface area contributed by atoms with Crippen LogP contribution in [0.1, 0.15) is 25.7 Å². The molecule has 2 aliphatic heterocycles. The van der Waals surface area contributed by atoms with Gasteiger partial charge >= 0.3 is 0 Å². The number of aliphatic hydroxyl groups is 2. The Morgan fingerprint density at radius 2 is 1.33 bits per heavy atom. The Bertz CT molecular complexity index is 603. The topological polar surface area (TPSA) is 97.6 Å². The lowest BCUT2D eigenvalue weighted by Crippen LogP contribution is -2.41. The second kappa shape index (κ2) is 5.16. The number of nitrogens with zero attached hydrogens (tertiary/aromatic N) is 5. The first-order valence-corrected chi connectivity index (χ1v) is 8.95. The number of piperidine rings is 2. The molecule has 6 atom stereocenters. The molecule has 8 nitrogen and oxygen atoms in total. The minimum atomic E-state index is -0.174. The average molecular weight is 332 g/mol.